The van der Waals surface area contributed by atoms with Gasteiger partial charge in [0, 0.05) is 6.54 Å². The second kappa shape index (κ2) is 9.20. The minimum absolute atomic E-state index is 0.0767. The van der Waals surface area contributed by atoms with Gasteiger partial charge >= 0.3 is 5.97 Å². The smallest absolute Gasteiger partial charge is 0.309 e. The number of amides is 2. The van der Waals surface area contributed by atoms with Gasteiger partial charge in [-0.3, -0.25) is 14.4 Å². The molecule has 0 spiro atoms. The fourth-order valence-corrected chi connectivity index (χ4v) is 2.26. The Bertz CT molecular complexity index is 597. The summed E-state index contributed by atoms with van der Waals surface area (Å²) in [5, 5.41) is 14.6. The van der Waals surface area contributed by atoms with Crippen molar-refractivity contribution in [1.82, 2.24) is 10.6 Å². The Morgan fingerprint density at radius 1 is 1.12 bits per heavy atom. The van der Waals surface area contributed by atoms with Gasteiger partial charge in [0.15, 0.2) is 0 Å². The second-order valence-corrected chi connectivity index (χ2v) is 7.18. The quantitative estimate of drug-likeness (QED) is 0.636. The topological polar surface area (TPSA) is 95.5 Å². The summed E-state index contributed by atoms with van der Waals surface area (Å²) in [6.45, 7) is 7.18. The average molecular weight is 348 g/mol. The van der Waals surface area contributed by atoms with Gasteiger partial charge in [-0.1, -0.05) is 44.2 Å². The lowest BCUT2D eigenvalue weighted by Crippen LogP contribution is -2.50. The summed E-state index contributed by atoms with van der Waals surface area (Å²) in [4.78, 5) is 35.6. The molecule has 138 valence electrons. The molecule has 6 nitrogen and oxygen atoms in total. The fourth-order valence-electron chi connectivity index (χ4n) is 2.26. The zero-order chi connectivity index (χ0) is 19.0. The fraction of sp³-hybridized carbons (Fsp3) is 0.526. The van der Waals surface area contributed by atoms with Gasteiger partial charge in [0.05, 0.1) is 11.8 Å². The molecule has 25 heavy (non-hydrogen) atoms. The summed E-state index contributed by atoms with van der Waals surface area (Å²) < 4.78 is 0. The summed E-state index contributed by atoms with van der Waals surface area (Å²) in [7, 11) is 0. The first-order chi connectivity index (χ1) is 11.6. The molecule has 1 aromatic carbocycles. The van der Waals surface area contributed by atoms with Crippen LogP contribution in [0, 0.1) is 11.3 Å². The number of carbonyl (C=O) groups excluding carboxylic acids is 2. The van der Waals surface area contributed by atoms with Crippen LogP contribution in [0.2, 0.25) is 0 Å². The molecule has 2 amide bonds. The number of aliphatic carboxylic acids is 1. The minimum Gasteiger partial charge on any atom is -0.481 e. The molecule has 3 N–H and O–H groups in total. The van der Waals surface area contributed by atoms with Crippen molar-refractivity contribution in [2.75, 3.05) is 6.54 Å². The summed E-state index contributed by atoms with van der Waals surface area (Å²) in [5.41, 5.74) is -0.0249. The third-order valence-corrected chi connectivity index (χ3v) is 4.10. The maximum atomic E-state index is 12.4. The highest BCUT2D eigenvalue weighted by Crippen LogP contribution is 2.19. The molecule has 0 fully saturated rings. The highest BCUT2D eigenvalue weighted by Gasteiger charge is 2.28. The van der Waals surface area contributed by atoms with Crippen LogP contribution in [0.5, 0.6) is 0 Å². The van der Waals surface area contributed by atoms with Crippen LogP contribution in [0.15, 0.2) is 30.3 Å². The second-order valence-electron chi connectivity index (χ2n) is 7.18. The van der Waals surface area contributed by atoms with E-state index < -0.39 is 17.4 Å². The third-order valence-electron chi connectivity index (χ3n) is 4.10. The van der Waals surface area contributed by atoms with Crippen molar-refractivity contribution in [3.63, 3.8) is 0 Å². The molecule has 0 aliphatic carbocycles. The Balaban J connectivity index is 2.56. The molecule has 1 atom stereocenters. The number of hydrogen-bond acceptors (Lipinski definition) is 3. The summed E-state index contributed by atoms with van der Waals surface area (Å²) in [6, 6.07) is 8.67. The molecule has 1 rings (SSSR count). The van der Waals surface area contributed by atoms with Gasteiger partial charge in [-0.15, -0.1) is 0 Å². The Morgan fingerprint density at radius 2 is 1.72 bits per heavy atom. The van der Waals surface area contributed by atoms with E-state index in [1.54, 1.807) is 13.8 Å². The molecule has 0 aliphatic heterocycles. The normalized spacial score (nSPS) is 12.5. The lowest BCUT2D eigenvalue weighted by Gasteiger charge is -2.23. The molecule has 6 heteroatoms. The standard InChI is InChI=1S/C19H28N2O4/c1-13(2)16(17(23)20-11-10-19(3,4)18(24)25)21-15(22)12-14-8-6-5-7-9-14/h5-9,13,16H,10-12H2,1-4H3,(H,20,23)(H,21,22)(H,24,25). The maximum Gasteiger partial charge on any atom is 0.309 e. The average Bonchev–Trinajstić information content (AvgIpc) is 2.52. The van der Waals surface area contributed by atoms with E-state index in [2.05, 4.69) is 10.6 Å². The first-order valence-corrected chi connectivity index (χ1v) is 8.48. The van der Waals surface area contributed by atoms with E-state index >= 15 is 0 Å². The predicted octanol–water partition coefficient (Wildman–Crippen LogP) is 1.99. The monoisotopic (exact) mass is 348 g/mol. The molecule has 0 saturated carbocycles. The van der Waals surface area contributed by atoms with Crippen LogP contribution in [-0.2, 0) is 20.8 Å². The number of carboxylic acid groups (broad SMARTS) is 1. The summed E-state index contributed by atoms with van der Waals surface area (Å²) in [6.07, 6.45) is 0.528. The van der Waals surface area contributed by atoms with Crippen molar-refractivity contribution in [1.29, 1.82) is 0 Å². The lowest BCUT2D eigenvalue weighted by molar-refractivity contribution is -0.147. The van der Waals surface area contributed by atoms with Crippen LogP contribution in [0.25, 0.3) is 0 Å². The zero-order valence-electron chi connectivity index (χ0n) is 15.3. The van der Waals surface area contributed by atoms with Gasteiger partial charge in [-0.05, 0) is 31.7 Å². The molecular formula is C19H28N2O4. The number of hydrogen-bond donors (Lipinski definition) is 3. The number of nitrogens with one attached hydrogen (secondary N) is 2. The van der Waals surface area contributed by atoms with Crippen LogP contribution in [-0.4, -0.2) is 35.5 Å². The number of carbonyl (C=O) groups is 3. The minimum atomic E-state index is -0.906. The maximum absolute atomic E-state index is 12.4. The predicted molar refractivity (Wildman–Crippen MR) is 96.0 cm³/mol. The van der Waals surface area contributed by atoms with Crippen molar-refractivity contribution in [2.45, 2.75) is 46.6 Å². The van der Waals surface area contributed by atoms with Crippen molar-refractivity contribution in [3.8, 4) is 0 Å². The molecular weight excluding hydrogens is 320 g/mol. The van der Waals surface area contributed by atoms with Gasteiger partial charge in [0.1, 0.15) is 6.04 Å². The van der Waals surface area contributed by atoms with E-state index in [1.165, 1.54) is 0 Å². The van der Waals surface area contributed by atoms with E-state index in [1.807, 2.05) is 44.2 Å². The summed E-state index contributed by atoms with van der Waals surface area (Å²) >= 11 is 0. The third kappa shape index (κ3) is 6.95. The molecule has 0 radical (unpaired) electrons. The van der Waals surface area contributed by atoms with Crippen LogP contribution in [0.3, 0.4) is 0 Å². The van der Waals surface area contributed by atoms with E-state index in [0.717, 1.165) is 5.56 Å². The zero-order valence-corrected chi connectivity index (χ0v) is 15.3. The van der Waals surface area contributed by atoms with Gasteiger partial charge in [0.2, 0.25) is 11.8 Å². The van der Waals surface area contributed by atoms with Crippen molar-refractivity contribution in [2.24, 2.45) is 11.3 Å². The molecule has 0 aliphatic rings. The summed E-state index contributed by atoms with van der Waals surface area (Å²) in [5.74, 6) is -1.49. The van der Waals surface area contributed by atoms with Crippen molar-refractivity contribution in [3.05, 3.63) is 35.9 Å². The van der Waals surface area contributed by atoms with Crippen molar-refractivity contribution < 1.29 is 19.5 Å². The van der Waals surface area contributed by atoms with Gasteiger partial charge in [-0.25, -0.2) is 0 Å². The van der Waals surface area contributed by atoms with Gasteiger partial charge < -0.3 is 15.7 Å². The lowest BCUT2D eigenvalue weighted by atomic mass is 9.89. The van der Waals surface area contributed by atoms with Gasteiger partial charge in [-0.2, -0.15) is 0 Å². The van der Waals surface area contributed by atoms with E-state index in [4.69, 9.17) is 5.11 Å². The Morgan fingerprint density at radius 3 is 2.24 bits per heavy atom. The Hall–Kier alpha value is -2.37. The van der Waals surface area contributed by atoms with E-state index in [0.29, 0.717) is 6.42 Å². The number of benzene rings is 1. The highest BCUT2D eigenvalue weighted by molar-refractivity contribution is 5.88. The molecule has 0 heterocycles. The van der Waals surface area contributed by atoms with Gasteiger partial charge in [0.25, 0.3) is 0 Å². The number of carboxylic acids is 1. The first-order valence-electron chi connectivity index (χ1n) is 8.48. The van der Waals surface area contributed by atoms with Crippen molar-refractivity contribution >= 4 is 17.8 Å². The van der Waals surface area contributed by atoms with Crippen LogP contribution >= 0.6 is 0 Å². The molecule has 1 aromatic rings. The Kier molecular flexibility index (Phi) is 7.61. The highest BCUT2D eigenvalue weighted by atomic mass is 16.4. The first kappa shape index (κ1) is 20.7. The molecule has 0 bridgehead atoms. The van der Waals surface area contributed by atoms with Crippen LogP contribution in [0.4, 0.5) is 0 Å². The Labute approximate surface area is 149 Å². The van der Waals surface area contributed by atoms with E-state index in [9.17, 15) is 14.4 Å². The van der Waals surface area contributed by atoms with Crippen LogP contribution in [0.1, 0.15) is 39.7 Å². The molecule has 0 saturated heterocycles. The van der Waals surface area contributed by atoms with E-state index in [-0.39, 0.29) is 30.7 Å². The molecule has 0 aromatic heterocycles. The van der Waals surface area contributed by atoms with Crippen LogP contribution < -0.4 is 10.6 Å². The molecule has 1 unspecified atom stereocenters. The number of rotatable bonds is 9. The largest absolute Gasteiger partial charge is 0.481 e. The SMILES string of the molecule is CC(C)C(NC(=O)Cc1ccccc1)C(=O)NCCC(C)(C)C(=O)O.